The van der Waals surface area contributed by atoms with Gasteiger partial charge in [-0.15, -0.1) is 0 Å². The molecule has 1 aliphatic rings. The van der Waals surface area contributed by atoms with Crippen LogP contribution in [-0.4, -0.2) is 22.9 Å². The van der Waals surface area contributed by atoms with Gasteiger partial charge in [0.1, 0.15) is 17.1 Å². The molecule has 0 bridgehead atoms. The number of para-hydroxylation sites is 1. The summed E-state index contributed by atoms with van der Waals surface area (Å²) in [6, 6.07) is 9.30. The van der Waals surface area contributed by atoms with E-state index < -0.39 is 17.7 Å². The van der Waals surface area contributed by atoms with Gasteiger partial charge in [0.2, 0.25) is 0 Å². The third-order valence-corrected chi connectivity index (χ3v) is 3.41. The molecule has 130 valence electrons. The SMILES string of the molecule is CC1(C)OC(=O)C(=Cc2ccc(-c3ccccc3N([O-])O)o2)C(=O)O1. The first-order valence-electron chi connectivity index (χ1n) is 7.30. The van der Waals surface area contributed by atoms with E-state index >= 15 is 0 Å². The lowest BCUT2D eigenvalue weighted by Gasteiger charge is -2.29. The number of hydrogen-bond donors (Lipinski definition) is 1. The molecule has 3 rings (SSSR count). The van der Waals surface area contributed by atoms with Crippen LogP contribution in [-0.2, 0) is 19.1 Å². The van der Waals surface area contributed by atoms with Crippen molar-refractivity contribution in [3.05, 3.63) is 52.9 Å². The van der Waals surface area contributed by atoms with Crippen molar-refractivity contribution in [3.8, 4) is 11.3 Å². The zero-order valence-electron chi connectivity index (χ0n) is 13.4. The van der Waals surface area contributed by atoms with Gasteiger partial charge in [-0.2, -0.15) is 0 Å². The van der Waals surface area contributed by atoms with Gasteiger partial charge >= 0.3 is 11.9 Å². The fraction of sp³-hybridized carbons (Fsp3) is 0.176. The quantitative estimate of drug-likeness (QED) is 0.391. The molecule has 1 N–H and O–H groups in total. The average Bonchev–Trinajstić information content (AvgIpc) is 2.98. The fourth-order valence-electron chi connectivity index (χ4n) is 2.34. The monoisotopic (exact) mass is 344 g/mol. The molecule has 1 aromatic heterocycles. The molecule has 1 aromatic carbocycles. The maximum absolute atomic E-state index is 11.9. The van der Waals surface area contributed by atoms with Crippen LogP contribution in [0.2, 0.25) is 0 Å². The Kier molecular flexibility index (Phi) is 4.07. The van der Waals surface area contributed by atoms with Crippen molar-refractivity contribution in [2.45, 2.75) is 19.6 Å². The minimum Gasteiger partial charge on any atom is -0.733 e. The van der Waals surface area contributed by atoms with Crippen molar-refractivity contribution >= 4 is 23.7 Å². The highest BCUT2D eigenvalue weighted by Crippen LogP contribution is 2.32. The minimum absolute atomic E-state index is 0.00529. The molecule has 1 aliphatic heterocycles. The Balaban J connectivity index is 1.93. The average molecular weight is 344 g/mol. The Morgan fingerprint density at radius 2 is 1.72 bits per heavy atom. The molecule has 0 saturated carbocycles. The summed E-state index contributed by atoms with van der Waals surface area (Å²) >= 11 is 0. The number of furan rings is 1. The lowest BCUT2D eigenvalue weighted by molar-refractivity contribution is -0.222. The summed E-state index contributed by atoms with van der Waals surface area (Å²) < 4.78 is 15.5. The second-order valence-electron chi connectivity index (χ2n) is 5.73. The van der Waals surface area contributed by atoms with E-state index in [1.807, 2.05) is 0 Å². The van der Waals surface area contributed by atoms with E-state index in [2.05, 4.69) is 0 Å². The highest BCUT2D eigenvalue weighted by Gasteiger charge is 2.39. The molecule has 8 nitrogen and oxygen atoms in total. The van der Waals surface area contributed by atoms with Crippen LogP contribution in [0.25, 0.3) is 17.4 Å². The number of rotatable bonds is 3. The molecule has 0 atom stereocenters. The van der Waals surface area contributed by atoms with Crippen molar-refractivity contribution in [1.29, 1.82) is 0 Å². The summed E-state index contributed by atoms with van der Waals surface area (Å²) in [5.74, 6) is -2.50. The highest BCUT2D eigenvalue weighted by atomic mass is 16.8. The van der Waals surface area contributed by atoms with E-state index in [0.29, 0.717) is 5.56 Å². The number of nitrogens with zero attached hydrogens (tertiary/aromatic N) is 1. The second-order valence-corrected chi connectivity index (χ2v) is 5.73. The van der Waals surface area contributed by atoms with Gasteiger partial charge in [0.15, 0.2) is 0 Å². The predicted molar refractivity (Wildman–Crippen MR) is 86.0 cm³/mol. The molecule has 1 saturated heterocycles. The van der Waals surface area contributed by atoms with Crippen molar-refractivity contribution in [2.24, 2.45) is 0 Å². The zero-order valence-corrected chi connectivity index (χ0v) is 13.4. The van der Waals surface area contributed by atoms with Gasteiger partial charge in [-0.25, -0.2) is 9.59 Å². The summed E-state index contributed by atoms with van der Waals surface area (Å²) in [5.41, 5.74) is 0.0370. The van der Waals surface area contributed by atoms with Crippen molar-refractivity contribution in [3.63, 3.8) is 0 Å². The van der Waals surface area contributed by atoms with Crippen molar-refractivity contribution in [2.75, 3.05) is 5.23 Å². The Bertz CT molecular complexity index is 841. The summed E-state index contributed by atoms with van der Waals surface area (Å²) in [5, 5.41) is 20.1. The van der Waals surface area contributed by atoms with Crippen LogP contribution in [0, 0.1) is 5.21 Å². The molecule has 1 fully saturated rings. The molecule has 0 amide bonds. The predicted octanol–water partition coefficient (Wildman–Crippen LogP) is 2.86. The van der Waals surface area contributed by atoms with Crippen LogP contribution in [0.3, 0.4) is 0 Å². The largest absolute Gasteiger partial charge is 0.733 e. The van der Waals surface area contributed by atoms with E-state index in [9.17, 15) is 14.8 Å². The maximum atomic E-state index is 11.9. The van der Waals surface area contributed by atoms with E-state index in [0.717, 1.165) is 0 Å². The van der Waals surface area contributed by atoms with Crippen molar-refractivity contribution < 1.29 is 28.7 Å². The van der Waals surface area contributed by atoms with E-state index in [4.69, 9.17) is 19.1 Å². The van der Waals surface area contributed by atoms with Crippen molar-refractivity contribution in [1.82, 2.24) is 0 Å². The molecule has 0 aliphatic carbocycles. The summed E-state index contributed by atoms with van der Waals surface area (Å²) in [4.78, 5) is 23.9. The van der Waals surface area contributed by atoms with Crippen LogP contribution in [0.5, 0.6) is 0 Å². The number of esters is 2. The lowest BCUT2D eigenvalue weighted by atomic mass is 10.1. The van der Waals surface area contributed by atoms with Gasteiger partial charge in [-0.05, 0) is 24.3 Å². The maximum Gasteiger partial charge on any atom is 0.348 e. The summed E-state index contributed by atoms with van der Waals surface area (Å²) in [7, 11) is 0. The number of hydrogen-bond acceptors (Lipinski definition) is 8. The molecule has 0 spiro atoms. The first kappa shape index (κ1) is 16.7. The number of carbonyl (C=O) groups is 2. The zero-order chi connectivity index (χ0) is 18.2. The number of anilines is 1. The Hall–Kier alpha value is -3.10. The number of carbonyl (C=O) groups excluding carboxylic acids is 2. The van der Waals surface area contributed by atoms with Crippen LogP contribution in [0.15, 0.2) is 46.4 Å². The van der Waals surface area contributed by atoms with Gasteiger partial charge in [0.05, 0.1) is 5.69 Å². The van der Waals surface area contributed by atoms with Crippen LogP contribution < -0.4 is 5.23 Å². The van der Waals surface area contributed by atoms with Gasteiger partial charge in [0.25, 0.3) is 5.79 Å². The van der Waals surface area contributed by atoms with E-state index in [1.165, 1.54) is 38.1 Å². The molecular weight excluding hydrogens is 330 g/mol. The van der Waals surface area contributed by atoms with E-state index in [-0.39, 0.29) is 28.0 Å². The van der Waals surface area contributed by atoms with Gasteiger partial charge in [0, 0.05) is 25.5 Å². The topological polar surface area (TPSA) is 112 Å². The smallest absolute Gasteiger partial charge is 0.348 e. The molecule has 0 radical (unpaired) electrons. The third-order valence-electron chi connectivity index (χ3n) is 3.41. The van der Waals surface area contributed by atoms with Gasteiger partial charge in [-0.1, -0.05) is 12.1 Å². The van der Waals surface area contributed by atoms with Gasteiger partial charge < -0.3 is 24.3 Å². The Labute approximate surface area is 142 Å². The molecule has 25 heavy (non-hydrogen) atoms. The molecular formula is C17H14NO7-. The highest BCUT2D eigenvalue weighted by molar-refractivity contribution is 6.18. The standard InChI is InChI=1S/C17H14NO7/c1-17(2)24-15(19)12(16(20)25-17)9-10-7-8-14(23-10)11-5-3-4-6-13(11)18(21)22/h3-9,21H,1-2H3/q-1. The number of benzene rings is 1. The third kappa shape index (κ3) is 3.39. The first-order chi connectivity index (χ1) is 11.8. The van der Waals surface area contributed by atoms with Crippen LogP contribution >= 0.6 is 0 Å². The van der Waals surface area contributed by atoms with E-state index in [1.54, 1.807) is 18.2 Å². The molecule has 2 heterocycles. The summed E-state index contributed by atoms with van der Waals surface area (Å²) in [6.45, 7) is 2.90. The fourth-order valence-corrected chi connectivity index (χ4v) is 2.34. The first-order valence-corrected chi connectivity index (χ1v) is 7.30. The number of cyclic esters (lactones) is 2. The van der Waals surface area contributed by atoms with Crippen LogP contribution in [0.4, 0.5) is 5.69 Å². The van der Waals surface area contributed by atoms with Crippen LogP contribution in [0.1, 0.15) is 19.6 Å². The Morgan fingerprint density at radius 1 is 1.08 bits per heavy atom. The minimum atomic E-state index is -1.32. The molecule has 0 unspecified atom stereocenters. The Morgan fingerprint density at radius 3 is 2.36 bits per heavy atom. The molecule has 8 heteroatoms. The number of ether oxygens (including phenoxy) is 2. The second kappa shape index (κ2) is 6.08. The molecule has 2 aromatic rings. The lowest BCUT2D eigenvalue weighted by Crippen LogP contribution is -2.41. The normalized spacial score (nSPS) is 16.2. The summed E-state index contributed by atoms with van der Waals surface area (Å²) in [6.07, 6.45) is 1.19. The van der Waals surface area contributed by atoms with Gasteiger partial charge in [-0.3, -0.25) is 5.21 Å².